The molecule has 1 aromatic rings. The van der Waals surface area contributed by atoms with Gasteiger partial charge in [0.1, 0.15) is 4.47 Å². The van der Waals surface area contributed by atoms with Crippen LogP contribution in [0.3, 0.4) is 0 Å². The minimum Gasteiger partial charge on any atom is -0.378 e. The van der Waals surface area contributed by atoms with Crippen LogP contribution in [0.4, 0.5) is 0 Å². The van der Waals surface area contributed by atoms with Gasteiger partial charge in [0.2, 0.25) is 0 Å². The van der Waals surface area contributed by atoms with Crippen LogP contribution in [0.5, 0.6) is 0 Å². The van der Waals surface area contributed by atoms with Crippen LogP contribution in [-0.4, -0.2) is 28.6 Å². The first kappa shape index (κ1) is 12.7. The topological polar surface area (TPSA) is 44.1 Å². The average molecular weight is 296 g/mol. The average Bonchev–Trinajstić information content (AvgIpc) is 2.24. The molecule has 0 bridgehead atoms. The third kappa shape index (κ3) is 3.59. The first-order valence-corrected chi connectivity index (χ1v) is 5.85. The summed E-state index contributed by atoms with van der Waals surface area (Å²) in [7, 11) is 0. The number of hydrogen-bond acceptors (Lipinski definition) is 3. The molecule has 1 heterocycles. The zero-order valence-corrected chi connectivity index (χ0v) is 10.7. The normalized spacial score (nSPS) is 10.6. The lowest BCUT2D eigenvalue weighted by molar-refractivity contribution is 0.139. The molecule has 1 aromatic heterocycles. The molecular formula is C9H12BrClN2O2. The van der Waals surface area contributed by atoms with E-state index in [0.29, 0.717) is 35.8 Å². The largest absolute Gasteiger partial charge is 0.378 e. The van der Waals surface area contributed by atoms with E-state index in [4.69, 9.17) is 16.3 Å². The standard InChI is InChI=1S/C9H12BrClN2O2/c1-7-8(10)9(14)13(6-12-7)3-5-15-4-2-11/h6H,2-5H2,1H3. The molecule has 0 radical (unpaired) electrons. The summed E-state index contributed by atoms with van der Waals surface area (Å²) < 4.78 is 7.18. The minimum absolute atomic E-state index is 0.0861. The lowest BCUT2D eigenvalue weighted by Gasteiger charge is -2.06. The quantitative estimate of drug-likeness (QED) is 0.612. The van der Waals surface area contributed by atoms with E-state index in [1.807, 2.05) is 0 Å². The first-order chi connectivity index (χ1) is 7.16. The van der Waals surface area contributed by atoms with Crippen LogP contribution in [0.15, 0.2) is 15.6 Å². The lowest BCUT2D eigenvalue weighted by atomic mass is 10.4. The smallest absolute Gasteiger partial charge is 0.267 e. The SMILES string of the molecule is Cc1ncn(CCOCCCl)c(=O)c1Br. The summed E-state index contributed by atoms with van der Waals surface area (Å²) in [4.78, 5) is 15.7. The van der Waals surface area contributed by atoms with Gasteiger partial charge in [0, 0.05) is 5.88 Å². The number of alkyl halides is 1. The van der Waals surface area contributed by atoms with E-state index in [9.17, 15) is 4.79 Å². The first-order valence-electron chi connectivity index (χ1n) is 4.52. The van der Waals surface area contributed by atoms with E-state index in [1.54, 1.807) is 6.92 Å². The van der Waals surface area contributed by atoms with Crippen LogP contribution in [-0.2, 0) is 11.3 Å². The molecular weight excluding hydrogens is 283 g/mol. The third-order valence-electron chi connectivity index (χ3n) is 1.86. The second kappa shape index (κ2) is 6.25. The Morgan fingerprint density at radius 3 is 3.00 bits per heavy atom. The molecule has 0 saturated carbocycles. The highest BCUT2D eigenvalue weighted by Crippen LogP contribution is 2.05. The molecule has 0 aliphatic heterocycles. The molecule has 0 fully saturated rings. The van der Waals surface area contributed by atoms with Crippen LogP contribution < -0.4 is 5.56 Å². The number of hydrogen-bond donors (Lipinski definition) is 0. The second-order valence-corrected chi connectivity index (χ2v) is 4.11. The number of rotatable bonds is 5. The molecule has 0 amide bonds. The van der Waals surface area contributed by atoms with E-state index in [1.165, 1.54) is 10.9 Å². The predicted octanol–water partition coefficient (Wildman–Crippen LogP) is 1.57. The summed E-state index contributed by atoms with van der Waals surface area (Å²) in [5, 5.41) is 0. The zero-order chi connectivity index (χ0) is 11.3. The molecule has 0 saturated heterocycles. The fraction of sp³-hybridized carbons (Fsp3) is 0.556. The maximum Gasteiger partial charge on any atom is 0.267 e. The molecule has 0 aromatic carbocycles. The van der Waals surface area contributed by atoms with Crippen molar-refractivity contribution in [3.8, 4) is 0 Å². The van der Waals surface area contributed by atoms with Crippen molar-refractivity contribution in [3.63, 3.8) is 0 Å². The van der Waals surface area contributed by atoms with Crippen molar-refractivity contribution < 1.29 is 4.74 Å². The number of ether oxygens (including phenoxy) is 1. The van der Waals surface area contributed by atoms with Gasteiger partial charge in [-0.3, -0.25) is 9.36 Å². The Labute approximate surface area is 101 Å². The third-order valence-corrected chi connectivity index (χ3v) is 2.92. The summed E-state index contributed by atoms with van der Waals surface area (Å²) in [6.45, 7) is 3.22. The van der Waals surface area contributed by atoms with Crippen LogP contribution >= 0.6 is 27.5 Å². The fourth-order valence-electron chi connectivity index (χ4n) is 1.03. The van der Waals surface area contributed by atoms with E-state index in [-0.39, 0.29) is 5.56 Å². The van der Waals surface area contributed by atoms with Gasteiger partial charge < -0.3 is 4.74 Å². The maximum absolute atomic E-state index is 11.6. The van der Waals surface area contributed by atoms with E-state index in [2.05, 4.69) is 20.9 Å². The summed E-state index contributed by atoms with van der Waals surface area (Å²) in [5.74, 6) is 0.463. The van der Waals surface area contributed by atoms with Crippen molar-refractivity contribution in [1.82, 2.24) is 9.55 Å². The van der Waals surface area contributed by atoms with Gasteiger partial charge in [0.15, 0.2) is 0 Å². The van der Waals surface area contributed by atoms with Crippen molar-refractivity contribution in [2.75, 3.05) is 19.1 Å². The van der Waals surface area contributed by atoms with E-state index >= 15 is 0 Å². The molecule has 0 aliphatic carbocycles. The number of halogens is 2. The van der Waals surface area contributed by atoms with Gasteiger partial charge >= 0.3 is 0 Å². The summed E-state index contributed by atoms with van der Waals surface area (Å²) in [6.07, 6.45) is 1.52. The molecule has 0 spiro atoms. The van der Waals surface area contributed by atoms with Crippen LogP contribution in [0, 0.1) is 6.92 Å². The number of aromatic nitrogens is 2. The van der Waals surface area contributed by atoms with Crippen molar-refractivity contribution in [2.24, 2.45) is 0 Å². The van der Waals surface area contributed by atoms with Crippen molar-refractivity contribution in [1.29, 1.82) is 0 Å². The molecule has 0 aliphatic rings. The maximum atomic E-state index is 11.6. The molecule has 0 unspecified atom stereocenters. The lowest BCUT2D eigenvalue weighted by Crippen LogP contribution is -2.24. The second-order valence-electron chi connectivity index (χ2n) is 2.94. The van der Waals surface area contributed by atoms with Gasteiger partial charge in [-0.25, -0.2) is 4.98 Å². The van der Waals surface area contributed by atoms with Crippen LogP contribution in [0.25, 0.3) is 0 Å². The highest BCUT2D eigenvalue weighted by Gasteiger charge is 2.04. The molecule has 6 heteroatoms. The van der Waals surface area contributed by atoms with Crippen molar-refractivity contribution in [2.45, 2.75) is 13.5 Å². The van der Waals surface area contributed by atoms with Gasteiger partial charge in [0.25, 0.3) is 5.56 Å². The Morgan fingerprint density at radius 2 is 2.33 bits per heavy atom. The van der Waals surface area contributed by atoms with Gasteiger partial charge in [-0.1, -0.05) is 0 Å². The highest BCUT2D eigenvalue weighted by atomic mass is 79.9. The fourth-order valence-corrected chi connectivity index (χ4v) is 1.46. The summed E-state index contributed by atoms with van der Waals surface area (Å²) >= 11 is 8.64. The molecule has 15 heavy (non-hydrogen) atoms. The van der Waals surface area contributed by atoms with Gasteiger partial charge in [-0.2, -0.15) is 0 Å². The molecule has 84 valence electrons. The number of aryl methyl sites for hydroxylation is 1. The predicted molar refractivity (Wildman–Crippen MR) is 62.5 cm³/mol. The van der Waals surface area contributed by atoms with Crippen molar-refractivity contribution >= 4 is 27.5 Å². The Morgan fingerprint density at radius 1 is 1.60 bits per heavy atom. The monoisotopic (exact) mass is 294 g/mol. The van der Waals surface area contributed by atoms with Crippen molar-refractivity contribution in [3.05, 3.63) is 26.8 Å². The Bertz CT molecular complexity index is 381. The highest BCUT2D eigenvalue weighted by molar-refractivity contribution is 9.10. The Kier molecular flexibility index (Phi) is 5.28. The summed E-state index contributed by atoms with van der Waals surface area (Å²) in [5.41, 5.74) is 0.606. The minimum atomic E-state index is -0.0861. The van der Waals surface area contributed by atoms with Gasteiger partial charge in [0.05, 0.1) is 31.8 Å². The molecule has 0 N–H and O–H groups in total. The Balaban J connectivity index is 2.63. The molecule has 0 atom stereocenters. The molecule has 4 nitrogen and oxygen atoms in total. The van der Waals surface area contributed by atoms with Crippen LogP contribution in [0.1, 0.15) is 5.69 Å². The van der Waals surface area contributed by atoms with E-state index < -0.39 is 0 Å². The van der Waals surface area contributed by atoms with Gasteiger partial charge in [-0.05, 0) is 22.9 Å². The van der Waals surface area contributed by atoms with Crippen LogP contribution in [0.2, 0.25) is 0 Å². The number of nitrogens with zero attached hydrogens (tertiary/aromatic N) is 2. The Hall–Kier alpha value is -0.390. The van der Waals surface area contributed by atoms with Gasteiger partial charge in [-0.15, -0.1) is 11.6 Å². The molecule has 1 rings (SSSR count). The van der Waals surface area contributed by atoms with E-state index in [0.717, 1.165) is 0 Å². The zero-order valence-electron chi connectivity index (χ0n) is 8.37. The summed E-state index contributed by atoms with van der Waals surface area (Å²) in [6, 6.07) is 0.